The lowest BCUT2D eigenvalue weighted by Crippen LogP contribution is -2.33. The average Bonchev–Trinajstić information content (AvgIpc) is 3.27. The molecule has 1 aromatic heterocycles. The van der Waals surface area contributed by atoms with E-state index in [1.807, 2.05) is 31.2 Å². The molecule has 2 atom stereocenters. The Kier molecular flexibility index (Phi) is 4.14. The van der Waals surface area contributed by atoms with Crippen LogP contribution in [-0.4, -0.2) is 22.1 Å². The number of hydrogen-bond donors (Lipinski definition) is 2. The summed E-state index contributed by atoms with van der Waals surface area (Å²) in [6.07, 6.45) is 4.92. The molecule has 0 aliphatic heterocycles. The normalized spacial score (nSPS) is 23.4. The number of aryl methyl sites for hydroxylation is 1. The number of amides is 1. The van der Waals surface area contributed by atoms with Gasteiger partial charge < -0.3 is 10.4 Å². The first-order chi connectivity index (χ1) is 11.6. The average molecular weight is 342 g/mol. The van der Waals surface area contributed by atoms with Crippen molar-refractivity contribution in [1.82, 2.24) is 10.3 Å². The zero-order chi connectivity index (χ0) is 16.7. The van der Waals surface area contributed by atoms with Crippen LogP contribution in [0.4, 0.5) is 0 Å². The molecule has 2 N–H and O–H groups in total. The van der Waals surface area contributed by atoms with E-state index in [0.717, 1.165) is 21.8 Å². The number of aliphatic hydroxyl groups is 1. The van der Waals surface area contributed by atoms with Gasteiger partial charge in [-0.3, -0.25) is 4.79 Å². The number of aromatic nitrogens is 1. The maximum Gasteiger partial charge on any atom is 0.263 e. The van der Waals surface area contributed by atoms with Gasteiger partial charge in [-0.2, -0.15) is 0 Å². The van der Waals surface area contributed by atoms with E-state index in [2.05, 4.69) is 10.3 Å². The van der Waals surface area contributed by atoms with Crippen LogP contribution in [0, 0.1) is 6.92 Å². The Labute approximate surface area is 145 Å². The van der Waals surface area contributed by atoms with Gasteiger partial charge in [-0.05, 0) is 30.9 Å². The van der Waals surface area contributed by atoms with Gasteiger partial charge >= 0.3 is 0 Å². The van der Waals surface area contributed by atoms with E-state index in [9.17, 15) is 9.90 Å². The summed E-state index contributed by atoms with van der Waals surface area (Å²) in [5.41, 5.74) is 2.94. The number of benzene rings is 1. The predicted molar refractivity (Wildman–Crippen MR) is 94.4 cm³/mol. The number of rotatable bonds is 3. The van der Waals surface area contributed by atoms with E-state index < -0.39 is 6.10 Å². The second kappa shape index (κ2) is 6.30. The molecule has 2 aromatic rings. The Hall–Kier alpha value is -1.72. The number of aliphatic hydroxyl groups excluding tert-OH is 1. The van der Waals surface area contributed by atoms with Gasteiger partial charge in [0.1, 0.15) is 4.88 Å². The molecule has 0 radical (unpaired) electrons. The summed E-state index contributed by atoms with van der Waals surface area (Å²) in [6, 6.07) is 7.59. The van der Waals surface area contributed by atoms with Crippen LogP contribution in [0.25, 0.3) is 0 Å². The number of carbonyl (C=O) groups excluding carboxylic acids is 1. The molecule has 0 spiro atoms. The van der Waals surface area contributed by atoms with Gasteiger partial charge in [0.25, 0.3) is 5.91 Å². The standard InChI is InChI=1S/C19H22N2O2S/c1-11-17(24-19(20-11)12-6-2-3-7-12)18(23)21-16-14-9-5-4-8-13(14)10-15(16)22/h4-5,8-9,12,15-16,22H,2-3,6-7,10H2,1H3,(H,21,23)/t15-,16+/m0/s1. The van der Waals surface area contributed by atoms with Gasteiger partial charge in [-0.15, -0.1) is 11.3 Å². The summed E-state index contributed by atoms with van der Waals surface area (Å²) in [7, 11) is 0. The first kappa shape index (κ1) is 15.8. The van der Waals surface area contributed by atoms with Crippen molar-refractivity contribution in [2.45, 2.75) is 57.1 Å². The number of thiazole rings is 1. The van der Waals surface area contributed by atoms with Crippen molar-refractivity contribution in [3.63, 3.8) is 0 Å². The Bertz CT molecular complexity index is 764. The summed E-state index contributed by atoms with van der Waals surface area (Å²) < 4.78 is 0. The largest absolute Gasteiger partial charge is 0.390 e. The highest BCUT2D eigenvalue weighted by atomic mass is 32.1. The van der Waals surface area contributed by atoms with Gasteiger partial charge in [0.15, 0.2) is 0 Å². The molecule has 126 valence electrons. The van der Waals surface area contributed by atoms with Crippen molar-refractivity contribution in [1.29, 1.82) is 0 Å². The SMILES string of the molecule is Cc1nc(C2CCCC2)sc1C(=O)N[C@@H]1c2ccccc2C[C@@H]1O. The second-order valence-corrected chi connectivity index (χ2v) is 7.90. The van der Waals surface area contributed by atoms with Crippen molar-refractivity contribution in [2.75, 3.05) is 0 Å². The molecule has 0 unspecified atom stereocenters. The minimum Gasteiger partial charge on any atom is -0.390 e. The predicted octanol–water partition coefficient (Wildman–Crippen LogP) is 3.50. The molecule has 1 heterocycles. The van der Waals surface area contributed by atoms with Crippen LogP contribution in [0.2, 0.25) is 0 Å². The van der Waals surface area contributed by atoms with Crippen molar-refractivity contribution >= 4 is 17.2 Å². The zero-order valence-electron chi connectivity index (χ0n) is 13.8. The molecule has 1 aromatic carbocycles. The van der Waals surface area contributed by atoms with Gasteiger partial charge in [0.2, 0.25) is 0 Å². The van der Waals surface area contributed by atoms with E-state index in [1.54, 1.807) is 0 Å². The number of fused-ring (bicyclic) bond motifs is 1. The first-order valence-corrected chi connectivity index (χ1v) is 9.49. The fourth-order valence-corrected chi connectivity index (χ4v) is 5.07. The highest BCUT2D eigenvalue weighted by Gasteiger charge is 2.33. The lowest BCUT2D eigenvalue weighted by Gasteiger charge is -2.17. The van der Waals surface area contributed by atoms with Crippen LogP contribution in [0.15, 0.2) is 24.3 Å². The minimum atomic E-state index is -0.561. The molecule has 1 amide bonds. The fraction of sp³-hybridized carbons (Fsp3) is 0.474. The third-order valence-electron chi connectivity index (χ3n) is 5.21. The monoisotopic (exact) mass is 342 g/mol. The number of carbonyl (C=O) groups is 1. The van der Waals surface area contributed by atoms with Gasteiger partial charge in [-0.25, -0.2) is 4.98 Å². The summed E-state index contributed by atoms with van der Waals surface area (Å²) >= 11 is 1.53. The van der Waals surface area contributed by atoms with E-state index in [1.165, 1.54) is 37.0 Å². The third kappa shape index (κ3) is 2.76. The van der Waals surface area contributed by atoms with Gasteiger partial charge in [0.05, 0.1) is 22.8 Å². The van der Waals surface area contributed by atoms with E-state index >= 15 is 0 Å². The highest BCUT2D eigenvalue weighted by molar-refractivity contribution is 7.13. The van der Waals surface area contributed by atoms with Crippen molar-refractivity contribution < 1.29 is 9.90 Å². The van der Waals surface area contributed by atoms with Gasteiger partial charge in [-0.1, -0.05) is 37.1 Å². The molecular formula is C19H22N2O2S. The van der Waals surface area contributed by atoms with Crippen molar-refractivity contribution in [2.24, 2.45) is 0 Å². The maximum absolute atomic E-state index is 12.8. The molecule has 1 fully saturated rings. The number of nitrogens with zero attached hydrogens (tertiary/aromatic N) is 1. The fourth-order valence-electron chi connectivity index (χ4n) is 3.93. The van der Waals surface area contributed by atoms with Crippen LogP contribution in [0.3, 0.4) is 0 Å². The van der Waals surface area contributed by atoms with Crippen LogP contribution >= 0.6 is 11.3 Å². The first-order valence-electron chi connectivity index (χ1n) is 8.67. The number of hydrogen-bond acceptors (Lipinski definition) is 4. The Morgan fingerprint density at radius 2 is 2.04 bits per heavy atom. The van der Waals surface area contributed by atoms with Crippen LogP contribution in [-0.2, 0) is 6.42 Å². The highest BCUT2D eigenvalue weighted by Crippen LogP contribution is 2.37. The topological polar surface area (TPSA) is 62.2 Å². The summed E-state index contributed by atoms with van der Waals surface area (Å²) in [5.74, 6) is 0.406. The van der Waals surface area contributed by atoms with Crippen molar-refractivity contribution in [3.8, 4) is 0 Å². The molecule has 4 rings (SSSR count). The molecule has 2 aliphatic carbocycles. The quantitative estimate of drug-likeness (QED) is 0.897. The van der Waals surface area contributed by atoms with Crippen LogP contribution in [0.1, 0.15) is 69.1 Å². The molecule has 0 bridgehead atoms. The zero-order valence-corrected chi connectivity index (χ0v) is 14.6. The molecule has 1 saturated carbocycles. The summed E-state index contributed by atoms with van der Waals surface area (Å²) in [5, 5.41) is 14.5. The Morgan fingerprint density at radius 1 is 1.29 bits per heavy atom. The van der Waals surface area contributed by atoms with Crippen molar-refractivity contribution in [3.05, 3.63) is 51.0 Å². The van der Waals surface area contributed by atoms with E-state index in [-0.39, 0.29) is 11.9 Å². The Balaban J connectivity index is 1.54. The molecular weight excluding hydrogens is 320 g/mol. The molecule has 24 heavy (non-hydrogen) atoms. The van der Waals surface area contributed by atoms with Crippen LogP contribution in [0.5, 0.6) is 0 Å². The number of nitrogens with one attached hydrogen (secondary N) is 1. The minimum absolute atomic E-state index is 0.116. The third-order valence-corrected chi connectivity index (χ3v) is 6.53. The lowest BCUT2D eigenvalue weighted by molar-refractivity contribution is 0.0861. The van der Waals surface area contributed by atoms with E-state index in [0.29, 0.717) is 17.2 Å². The summed E-state index contributed by atoms with van der Waals surface area (Å²) in [4.78, 5) is 18.1. The van der Waals surface area contributed by atoms with E-state index in [4.69, 9.17) is 0 Å². The maximum atomic E-state index is 12.8. The van der Waals surface area contributed by atoms with Gasteiger partial charge in [0, 0.05) is 12.3 Å². The molecule has 4 nitrogen and oxygen atoms in total. The second-order valence-electron chi connectivity index (χ2n) is 6.87. The molecule has 5 heteroatoms. The molecule has 2 aliphatic rings. The summed E-state index contributed by atoms with van der Waals surface area (Å²) in [6.45, 7) is 1.91. The Morgan fingerprint density at radius 3 is 2.83 bits per heavy atom. The van der Waals surface area contributed by atoms with Crippen LogP contribution < -0.4 is 5.32 Å². The molecule has 0 saturated heterocycles. The lowest BCUT2D eigenvalue weighted by atomic mass is 10.1. The smallest absolute Gasteiger partial charge is 0.263 e.